The van der Waals surface area contributed by atoms with Gasteiger partial charge in [0.1, 0.15) is 5.76 Å². The molecule has 0 aliphatic rings. The normalized spacial score (nSPS) is 10.5. The molecular weight excluding hydrogens is 124 g/mol. The first-order valence-electron chi connectivity index (χ1n) is 3.81. The second-order valence-electron chi connectivity index (χ2n) is 2.39. The van der Waals surface area contributed by atoms with Crippen LogP contribution in [0.25, 0.3) is 0 Å². The largest absolute Gasteiger partial charge is 0.509 e. The van der Waals surface area contributed by atoms with E-state index >= 15 is 0 Å². The van der Waals surface area contributed by atoms with Crippen molar-refractivity contribution in [2.45, 2.75) is 32.6 Å². The lowest BCUT2D eigenvalue weighted by Crippen LogP contribution is -1.72. The van der Waals surface area contributed by atoms with Gasteiger partial charge in [-0.05, 0) is 18.9 Å². The van der Waals surface area contributed by atoms with Crippen LogP contribution >= 0.6 is 0 Å². The second-order valence-corrected chi connectivity index (χ2v) is 2.39. The molecule has 0 bridgehead atoms. The highest BCUT2D eigenvalue weighted by molar-refractivity contribution is 5.04. The smallest absolute Gasteiger partial charge is 0.108 e. The van der Waals surface area contributed by atoms with Crippen LogP contribution in [0.2, 0.25) is 0 Å². The predicted octanol–water partition coefficient (Wildman–Crippen LogP) is 3.19. The molecule has 0 unspecified atom stereocenters. The SMILES string of the molecule is C=C(O)/C=C/CCCCC. The molecule has 1 N–H and O–H groups in total. The summed E-state index contributed by atoms with van der Waals surface area (Å²) >= 11 is 0. The van der Waals surface area contributed by atoms with Crippen molar-refractivity contribution in [3.05, 3.63) is 24.5 Å². The maximum Gasteiger partial charge on any atom is 0.108 e. The van der Waals surface area contributed by atoms with Crippen LogP contribution in [0, 0.1) is 0 Å². The van der Waals surface area contributed by atoms with Crippen LogP contribution in [-0.2, 0) is 0 Å². The van der Waals surface area contributed by atoms with Gasteiger partial charge in [0.25, 0.3) is 0 Å². The molecule has 0 aliphatic carbocycles. The summed E-state index contributed by atoms with van der Waals surface area (Å²) < 4.78 is 0. The number of aliphatic hydroxyl groups excluding tert-OH is 1. The maximum atomic E-state index is 8.63. The van der Waals surface area contributed by atoms with Gasteiger partial charge in [-0.3, -0.25) is 0 Å². The van der Waals surface area contributed by atoms with Crippen molar-refractivity contribution in [1.29, 1.82) is 0 Å². The van der Waals surface area contributed by atoms with E-state index in [4.69, 9.17) is 5.11 Å². The van der Waals surface area contributed by atoms with Gasteiger partial charge in [0, 0.05) is 0 Å². The van der Waals surface area contributed by atoms with Gasteiger partial charge in [-0.1, -0.05) is 32.4 Å². The summed E-state index contributed by atoms with van der Waals surface area (Å²) in [5.41, 5.74) is 0. The molecular formula is C9H16O. The molecule has 0 atom stereocenters. The molecule has 0 saturated heterocycles. The van der Waals surface area contributed by atoms with E-state index in [1.165, 1.54) is 19.3 Å². The maximum absolute atomic E-state index is 8.63. The highest BCUT2D eigenvalue weighted by Crippen LogP contribution is 2.00. The Morgan fingerprint density at radius 3 is 2.70 bits per heavy atom. The Balaban J connectivity index is 3.10. The molecule has 0 saturated carbocycles. The highest BCUT2D eigenvalue weighted by atomic mass is 16.3. The summed E-state index contributed by atoms with van der Waals surface area (Å²) in [5.74, 6) is 0.150. The Morgan fingerprint density at radius 2 is 2.20 bits per heavy atom. The van der Waals surface area contributed by atoms with E-state index in [2.05, 4.69) is 13.5 Å². The van der Waals surface area contributed by atoms with E-state index in [1.54, 1.807) is 6.08 Å². The van der Waals surface area contributed by atoms with Crippen LogP contribution in [0.4, 0.5) is 0 Å². The van der Waals surface area contributed by atoms with E-state index in [0.717, 1.165) is 6.42 Å². The van der Waals surface area contributed by atoms with Crippen molar-refractivity contribution in [3.63, 3.8) is 0 Å². The molecule has 0 aromatic heterocycles. The van der Waals surface area contributed by atoms with E-state index in [0.29, 0.717) is 0 Å². The number of allylic oxidation sites excluding steroid dienone is 2. The highest BCUT2D eigenvalue weighted by Gasteiger charge is 1.81. The van der Waals surface area contributed by atoms with Crippen LogP contribution in [0.1, 0.15) is 32.6 Å². The zero-order chi connectivity index (χ0) is 7.82. The average Bonchev–Trinajstić information content (AvgIpc) is 1.87. The van der Waals surface area contributed by atoms with E-state index in [9.17, 15) is 0 Å². The minimum atomic E-state index is 0.150. The first-order chi connectivity index (χ1) is 4.77. The summed E-state index contributed by atoms with van der Waals surface area (Å²) in [6.45, 7) is 5.52. The molecule has 10 heavy (non-hydrogen) atoms. The van der Waals surface area contributed by atoms with Gasteiger partial charge in [0.05, 0.1) is 0 Å². The van der Waals surface area contributed by atoms with Gasteiger partial charge in [0.15, 0.2) is 0 Å². The molecule has 0 aromatic carbocycles. The third kappa shape index (κ3) is 7.28. The number of rotatable bonds is 5. The van der Waals surface area contributed by atoms with Crippen molar-refractivity contribution in [2.75, 3.05) is 0 Å². The number of hydrogen-bond acceptors (Lipinski definition) is 1. The quantitative estimate of drug-likeness (QED) is 0.353. The van der Waals surface area contributed by atoms with Gasteiger partial charge in [-0.2, -0.15) is 0 Å². The number of hydrogen-bond donors (Lipinski definition) is 1. The van der Waals surface area contributed by atoms with Crippen LogP contribution in [-0.4, -0.2) is 5.11 Å². The molecule has 0 rings (SSSR count). The molecule has 0 heterocycles. The molecule has 1 heteroatoms. The molecule has 0 aromatic rings. The molecule has 0 amide bonds. The Morgan fingerprint density at radius 1 is 1.50 bits per heavy atom. The van der Waals surface area contributed by atoms with Gasteiger partial charge >= 0.3 is 0 Å². The summed E-state index contributed by atoms with van der Waals surface area (Å²) in [7, 11) is 0. The fourth-order valence-electron chi connectivity index (χ4n) is 0.732. The zero-order valence-electron chi connectivity index (χ0n) is 6.64. The molecule has 0 aliphatic heterocycles. The summed E-state index contributed by atoms with van der Waals surface area (Å²) in [6, 6.07) is 0. The second kappa shape index (κ2) is 6.40. The van der Waals surface area contributed by atoms with E-state index < -0.39 is 0 Å². The lowest BCUT2D eigenvalue weighted by Gasteiger charge is -1.90. The number of aliphatic hydroxyl groups is 1. The summed E-state index contributed by atoms with van der Waals surface area (Å²) in [5, 5.41) is 8.63. The van der Waals surface area contributed by atoms with Crippen LogP contribution < -0.4 is 0 Å². The zero-order valence-corrected chi connectivity index (χ0v) is 6.64. The molecule has 1 nitrogen and oxygen atoms in total. The van der Waals surface area contributed by atoms with Crippen molar-refractivity contribution < 1.29 is 5.11 Å². The Bertz CT molecular complexity index is 114. The minimum Gasteiger partial charge on any atom is -0.509 e. The fraction of sp³-hybridized carbons (Fsp3) is 0.556. The topological polar surface area (TPSA) is 20.2 Å². The van der Waals surface area contributed by atoms with Crippen molar-refractivity contribution in [3.8, 4) is 0 Å². The van der Waals surface area contributed by atoms with Gasteiger partial charge < -0.3 is 5.11 Å². The Labute approximate surface area is 63.1 Å². The average molecular weight is 140 g/mol. The number of unbranched alkanes of at least 4 members (excludes halogenated alkanes) is 3. The van der Waals surface area contributed by atoms with Crippen molar-refractivity contribution in [2.24, 2.45) is 0 Å². The Hall–Kier alpha value is -0.720. The van der Waals surface area contributed by atoms with Gasteiger partial charge in [-0.25, -0.2) is 0 Å². The molecule has 58 valence electrons. The summed E-state index contributed by atoms with van der Waals surface area (Å²) in [4.78, 5) is 0. The minimum absolute atomic E-state index is 0.150. The predicted molar refractivity (Wildman–Crippen MR) is 45.1 cm³/mol. The molecule has 0 radical (unpaired) electrons. The monoisotopic (exact) mass is 140 g/mol. The van der Waals surface area contributed by atoms with Crippen LogP contribution in [0.5, 0.6) is 0 Å². The summed E-state index contributed by atoms with van der Waals surface area (Å²) in [6.07, 6.45) is 8.37. The Kier molecular flexibility index (Phi) is 5.94. The van der Waals surface area contributed by atoms with E-state index in [-0.39, 0.29) is 5.76 Å². The first-order valence-corrected chi connectivity index (χ1v) is 3.81. The third-order valence-corrected chi connectivity index (χ3v) is 1.28. The van der Waals surface area contributed by atoms with Crippen molar-refractivity contribution in [1.82, 2.24) is 0 Å². The van der Waals surface area contributed by atoms with Crippen molar-refractivity contribution >= 4 is 0 Å². The van der Waals surface area contributed by atoms with E-state index in [1.807, 2.05) is 6.08 Å². The van der Waals surface area contributed by atoms with Gasteiger partial charge in [0.2, 0.25) is 0 Å². The van der Waals surface area contributed by atoms with Crippen LogP contribution in [0.3, 0.4) is 0 Å². The lowest BCUT2D eigenvalue weighted by atomic mass is 10.2. The van der Waals surface area contributed by atoms with Crippen LogP contribution in [0.15, 0.2) is 24.5 Å². The lowest BCUT2D eigenvalue weighted by molar-refractivity contribution is 0.435. The first kappa shape index (κ1) is 9.28. The molecule has 0 spiro atoms. The fourth-order valence-corrected chi connectivity index (χ4v) is 0.732. The third-order valence-electron chi connectivity index (χ3n) is 1.28. The molecule has 0 fully saturated rings. The standard InChI is InChI=1S/C9H16O/c1-3-4-5-6-7-8-9(2)10/h7-8,10H,2-6H2,1H3/b8-7+. The van der Waals surface area contributed by atoms with Gasteiger partial charge in [-0.15, -0.1) is 0 Å².